The largest absolute Gasteiger partial charge is 0.420 e. The Balaban J connectivity index is 1.53. The van der Waals surface area contributed by atoms with Crippen molar-refractivity contribution in [1.82, 2.24) is 14.2 Å². The zero-order valence-corrected chi connectivity index (χ0v) is 19.9. The lowest BCUT2D eigenvalue weighted by molar-refractivity contribution is -0.122. The third-order valence-corrected chi connectivity index (χ3v) is 8.62. The minimum absolute atomic E-state index is 0.105. The van der Waals surface area contributed by atoms with Crippen LogP contribution in [0.4, 0.5) is 0 Å². The molecule has 8 nitrogen and oxygen atoms in total. The molecule has 2 fully saturated rings. The number of carbonyl (C=O) groups is 1. The summed E-state index contributed by atoms with van der Waals surface area (Å²) >= 11 is 0. The molecule has 2 aromatic rings. The van der Waals surface area contributed by atoms with E-state index in [1.54, 1.807) is 6.07 Å². The molecule has 0 bridgehead atoms. The Bertz CT molecular complexity index is 1130. The van der Waals surface area contributed by atoms with Gasteiger partial charge in [-0.3, -0.25) is 9.36 Å². The van der Waals surface area contributed by atoms with Gasteiger partial charge in [-0.25, -0.2) is 13.2 Å². The predicted molar refractivity (Wildman–Crippen MR) is 122 cm³/mol. The summed E-state index contributed by atoms with van der Waals surface area (Å²) in [4.78, 5) is 25.1. The summed E-state index contributed by atoms with van der Waals surface area (Å²) < 4.78 is 34.4. The van der Waals surface area contributed by atoms with Crippen molar-refractivity contribution in [2.75, 3.05) is 13.1 Å². The van der Waals surface area contributed by atoms with Crippen molar-refractivity contribution in [2.24, 2.45) is 17.8 Å². The van der Waals surface area contributed by atoms with Gasteiger partial charge in [0.1, 0.15) is 6.54 Å². The SMILES string of the molecule is CC1CCC(NC(=O)Cn2c(=O)oc3cc(S(=O)(=O)N4C[C@H](C)C[C@@H](C)C4)ccc32)CC1. The lowest BCUT2D eigenvalue weighted by Crippen LogP contribution is -2.42. The highest BCUT2D eigenvalue weighted by atomic mass is 32.2. The highest BCUT2D eigenvalue weighted by Gasteiger charge is 2.32. The average molecular weight is 464 g/mol. The van der Waals surface area contributed by atoms with Gasteiger partial charge in [-0.15, -0.1) is 0 Å². The fourth-order valence-electron chi connectivity index (χ4n) is 5.13. The fourth-order valence-corrected chi connectivity index (χ4v) is 6.82. The number of rotatable bonds is 5. The Hall–Kier alpha value is -2.13. The van der Waals surface area contributed by atoms with Crippen LogP contribution in [0.15, 0.2) is 32.3 Å². The van der Waals surface area contributed by atoms with Crippen molar-refractivity contribution in [3.05, 3.63) is 28.7 Å². The van der Waals surface area contributed by atoms with Gasteiger partial charge in [0.2, 0.25) is 15.9 Å². The molecule has 9 heteroatoms. The molecule has 1 saturated heterocycles. The van der Waals surface area contributed by atoms with Gasteiger partial charge in [-0.2, -0.15) is 4.31 Å². The van der Waals surface area contributed by atoms with Gasteiger partial charge in [-0.1, -0.05) is 20.8 Å². The summed E-state index contributed by atoms with van der Waals surface area (Å²) in [6.45, 7) is 7.14. The number of amides is 1. The Kier molecular flexibility index (Phi) is 6.49. The number of oxazole rings is 1. The van der Waals surface area contributed by atoms with Gasteiger partial charge >= 0.3 is 5.76 Å². The quantitative estimate of drug-likeness (QED) is 0.735. The van der Waals surface area contributed by atoms with Crippen LogP contribution in [0.1, 0.15) is 52.9 Å². The Labute approximate surface area is 189 Å². The molecule has 32 heavy (non-hydrogen) atoms. The highest BCUT2D eigenvalue weighted by molar-refractivity contribution is 7.89. The smallest absolute Gasteiger partial charge is 0.408 e. The third-order valence-electron chi connectivity index (χ3n) is 6.80. The number of aromatic nitrogens is 1. The van der Waals surface area contributed by atoms with Crippen LogP contribution in [0.2, 0.25) is 0 Å². The summed E-state index contributed by atoms with van der Waals surface area (Å²) in [6, 6.07) is 4.58. The number of carbonyl (C=O) groups excluding carboxylic acids is 1. The molecule has 2 heterocycles. The highest BCUT2D eigenvalue weighted by Crippen LogP contribution is 2.28. The maximum absolute atomic E-state index is 13.2. The van der Waals surface area contributed by atoms with E-state index in [1.165, 1.54) is 21.0 Å². The average Bonchev–Trinajstić information content (AvgIpc) is 3.03. The minimum Gasteiger partial charge on any atom is -0.408 e. The number of fused-ring (bicyclic) bond motifs is 1. The Morgan fingerprint density at radius 3 is 2.38 bits per heavy atom. The summed E-state index contributed by atoms with van der Waals surface area (Å²) in [5.41, 5.74) is 0.593. The summed E-state index contributed by atoms with van der Waals surface area (Å²) in [6.07, 6.45) is 5.08. The molecule has 1 aromatic heterocycles. The third kappa shape index (κ3) is 4.78. The molecule has 4 rings (SSSR count). The Morgan fingerprint density at radius 2 is 1.72 bits per heavy atom. The lowest BCUT2D eigenvalue weighted by Gasteiger charge is -2.34. The van der Waals surface area contributed by atoms with Crippen molar-refractivity contribution in [3.63, 3.8) is 0 Å². The number of sulfonamides is 1. The number of hydrogen-bond acceptors (Lipinski definition) is 5. The maximum Gasteiger partial charge on any atom is 0.420 e. The summed E-state index contributed by atoms with van der Waals surface area (Å²) in [7, 11) is -3.69. The van der Waals surface area contributed by atoms with Crippen LogP contribution in [0, 0.1) is 17.8 Å². The van der Waals surface area contributed by atoms with Crippen molar-refractivity contribution in [2.45, 2.75) is 70.4 Å². The van der Waals surface area contributed by atoms with Gasteiger partial charge in [0.05, 0.1) is 10.4 Å². The second kappa shape index (κ2) is 9.02. The first kappa shape index (κ1) is 23.0. The van der Waals surface area contributed by atoms with E-state index in [-0.39, 0.29) is 29.0 Å². The van der Waals surface area contributed by atoms with Crippen LogP contribution in [0.25, 0.3) is 11.1 Å². The molecule has 1 aliphatic carbocycles. The topological polar surface area (TPSA) is 102 Å². The van der Waals surface area contributed by atoms with Crippen LogP contribution in [0.5, 0.6) is 0 Å². The molecule has 1 aromatic carbocycles. The van der Waals surface area contributed by atoms with Gasteiger partial charge in [-0.05, 0) is 62.0 Å². The van der Waals surface area contributed by atoms with Gasteiger partial charge in [0.25, 0.3) is 0 Å². The van der Waals surface area contributed by atoms with E-state index in [9.17, 15) is 18.0 Å². The number of nitrogens with zero attached hydrogens (tertiary/aromatic N) is 2. The lowest BCUT2D eigenvalue weighted by atomic mass is 9.87. The molecule has 2 aliphatic rings. The summed E-state index contributed by atoms with van der Waals surface area (Å²) in [5, 5.41) is 3.01. The predicted octanol–water partition coefficient (Wildman–Crippen LogP) is 2.96. The molecule has 1 saturated carbocycles. The van der Waals surface area contributed by atoms with Crippen LogP contribution < -0.4 is 11.1 Å². The zero-order chi connectivity index (χ0) is 23.0. The van der Waals surface area contributed by atoms with E-state index in [1.807, 2.05) is 0 Å². The number of hydrogen-bond donors (Lipinski definition) is 1. The molecule has 2 atom stereocenters. The van der Waals surface area contributed by atoms with E-state index in [0.717, 1.165) is 32.1 Å². The van der Waals surface area contributed by atoms with Gasteiger partial charge < -0.3 is 9.73 Å². The molecule has 176 valence electrons. The standard InChI is InChI=1S/C23H33N3O5S/c1-15-4-6-18(7-5-15)24-22(27)14-26-20-9-8-19(11-21(20)31-23(26)28)32(29,30)25-12-16(2)10-17(3)13-25/h8-9,11,15-18H,4-7,10,12-14H2,1-3H3,(H,24,27)/t15?,16-,17-,18?/m1/s1. The van der Waals surface area contributed by atoms with Gasteiger partial charge in [0.15, 0.2) is 5.58 Å². The molecule has 1 aliphatic heterocycles. The molecule has 0 unspecified atom stereocenters. The molecular weight excluding hydrogens is 430 g/mol. The summed E-state index contributed by atoms with van der Waals surface area (Å²) in [5.74, 6) is 0.374. The van der Waals surface area contributed by atoms with Crippen molar-refractivity contribution >= 4 is 27.0 Å². The normalized spacial score (nSPS) is 27.5. The first-order valence-electron chi connectivity index (χ1n) is 11.6. The first-order valence-corrected chi connectivity index (χ1v) is 13.0. The molecular formula is C23H33N3O5S. The maximum atomic E-state index is 13.2. The van der Waals surface area contributed by atoms with E-state index in [2.05, 4.69) is 26.1 Å². The molecule has 0 radical (unpaired) electrons. The first-order chi connectivity index (χ1) is 15.1. The van der Waals surface area contributed by atoms with Crippen LogP contribution in [-0.2, 0) is 21.4 Å². The zero-order valence-electron chi connectivity index (χ0n) is 19.0. The van der Waals surface area contributed by atoms with E-state index >= 15 is 0 Å². The van der Waals surface area contributed by atoms with Crippen molar-refractivity contribution < 1.29 is 17.6 Å². The number of piperidine rings is 1. The second-order valence-corrected chi connectivity index (χ2v) is 11.8. The molecule has 1 amide bonds. The van der Waals surface area contributed by atoms with Crippen LogP contribution in [0.3, 0.4) is 0 Å². The van der Waals surface area contributed by atoms with E-state index in [0.29, 0.717) is 36.4 Å². The molecule has 0 spiro atoms. The minimum atomic E-state index is -3.69. The number of benzene rings is 1. The van der Waals surface area contributed by atoms with Crippen LogP contribution in [-0.4, -0.2) is 42.3 Å². The van der Waals surface area contributed by atoms with Gasteiger partial charge in [0, 0.05) is 25.2 Å². The molecule has 1 N–H and O–H groups in total. The monoisotopic (exact) mass is 463 g/mol. The van der Waals surface area contributed by atoms with Crippen molar-refractivity contribution in [1.29, 1.82) is 0 Å². The van der Waals surface area contributed by atoms with E-state index < -0.39 is 15.8 Å². The fraction of sp³-hybridized carbons (Fsp3) is 0.652. The van der Waals surface area contributed by atoms with Crippen LogP contribution >= 0.6 is 0 Å². The van der Waals surface area contributed by atoms with Crippen molar-refractivity contribution in [3.8, 4) is 0 Å². The number of nitrogens with one attached hydrogen (secondary N) is 1. The Morgan fingerprint density at radius 1 is 1.06 bits per heavy atom. The second-order valence-electron chi connectivity index (χ2n) is 9.88. The van der Waals surface area contributed by atoms with E-state index in [4.69, 9.17) is 4.42 Å².